The highest BCUT2D eigenvalue weighted by Gasteiger charge is 2.21. The monoisotopic (exact) mass is 573 g/mol. The SMILES string of the molecule is COc1ccc(Cn2nc(NC3CCCCC3)c3c(Oc4ccc(C(=O)Nc5cc(C#N)ccn5)cc4)ccnc32)cc1. The molecule has 0 aliphatic heterocycles. The van der Waals surface area contributed by atoms with Crippen LogP contribution in [0.3, 0.4) is 0 Å². The number of pyridine rings is 2. The lowest BCUT2D eigenvalue weighted by Gasteiger charge is -2.22. The molecule has 5 aromatic rings. The number of carbonyl (C=O) groups is 1. The van der Waals surface area contributed by atoms with Crippen molar-refractivity contribution < 1.29 is 14.3 Å². The van der Waals surface area contributed by atoms with E-state index in [0.717, 1.165) is 41.0 Å². The zero-order valence-electron chi connectivity index (χ0n) is 23.8. The number of hydrogen-bond donors (Lipinski definition) is 2. The number of hydrogen-bond acceptors (Lipinski definition) is 8. The minimum atomic E-state index is -0.334. The summed E-state index contributed by atoms with van der Waals surface area (Å²) in [5.74, 6) is 2.73. The molecule has 0 saturated heterocycles. The Morgan fingerprint density at radius 2 is 1.72 bits per heavy atom. The molecule has 3 aromatic heterocycles. The highest BCUT2D eigenvalue weighted by molar-refractivity contribution is 6.03. The van der Waals surface area contributed by atoms with Gasteiger partial charge in [0.15, 0.2) is 11.5 Å². The van der Waals surface area contributed by atoms with E-state index in [9.17, 15) is 4.79 Å². The molecule has 0 bridgehead atoms. The molecule has 1 aliphatic carbocycles. The Morgan fingerprint density at radius 1 is 0.977 bits per heavy atom. The maximum Gasteiger partial charge on any atom is 0.256 e. The van der Waals surface area contributed by atoms with Crippen molar-refractivity contribution in [2.75, 3.05) is 17.7 Å². The molecule has 2 N–H and O–H groups in total. The number of nitrogens with one attached hydrogen (secondary N) is 2. The Bertz CT molecular complexity index is 1770. The summed E-state index contributed by atoms with van der Waals surface area (Å²) < 4.78 is 13.6. The molecule has 1 amide bonds. The topological polar surface area (TPSA) is 127 Å². The van der Waals surface area contributed by atoms with Gasteiger partial charge in [0.1, 0.15) is 28.5 Å². The van der Waals surface area contributed by atoms with Gasteiger partial charge in [-0.25, -0.2) is 14.6 Å². The van der Waals surface area contributed by atoms with E-state index in [1.165, 1.54) is 31.5 Å². The van der Waals surface area contributed by atoms with Gasteiger partial charge in [-0.05, 0) is 66.9 Å². The number of benzene rings is 2. The summed E-state index contributed by atoms with van der Waals surface area (Å²) in [6.07, 6.45) is 9.06. The van der Waals surface area contributed by atoms with Crippen LogP contribution in [0, 0.1) is 11.3 Å². The van der Waals surface area contributed by atoms with Crippen molar-refractivity contribution in [3.8, 4) is 23.3 Å². The van der Waals surface area contributed by atoms with E-state index in [-0.39, 0.29) is 5.91 Å². The number of fused-ring (bicyclic) bond motifs is 1. The first-order valence-electron chi connectivity index (χ1n) is 14.3. The van der Waals surface area contributed by atoms with Crippen molar-refractivity contribution in [3.05, 3.63) is 95.8 Å². The maximum absolute atomic E-state index is 12.8. The highest BCUT2D eigenvalue weighted by atomic mass is 16.5. The van der Waals surface area contributed by atoms with Crippen LogP contribution >= 0.6 is 0 Å². The Labute approximate surface area is 249 Å². The first-order chi connectivity index (χ1) is 21.1. The first kappa shape index (κ1) is 27.7. The molecule has 1 fully saturated rings. The van der Waals surface area contributed by atoms with Crippen LogP contribution < -0.4 is 20.1 Å². The van der Waals surface area contributed by atoms with Crippen LogP contribution in [0.1, 0.15) is 53.6 Å². The van der Waals surface area contributed by atoms with Crippen LogP contribution in [-0.2, 0) is 6.54 Å². The van der Waals surface area contributed by atoms with Crippen molar-refractivity contribution in [1.29, 1.82) is 5.26 Å². The van der Waals surface area contributed by atoms with Crippen molar-refractivity contribution in [2.24, 2.45) is 0 Å². The average Bonchev–Trinajstić information content (AvgIpc) is 3.39. The number of nitriles is 1. The standard InChI is InChI=1S/C33H31N7O3/c1-42-26-11-7-22(8-12-26)21-40-32-30(31(39-40)37-25-5-3-2-4-6-25)28(16-18-36-32)43-27-13-9-24(10-14-27)33(41)38-29-19-23(20-34)15-17-35-29/h7-19,25H,2-6,21H2,1H3,(H,37,39)(H,35,38,41). The fourth-order valence-corrected chi connectivity index (χ4v) is 5.27. The lowest BCUT2D eigenvalue weighted by molar-refractivity contribution is 0.102. The van der Waals surface area contributed by atoms with Crippen LogP contribution in [0.25, 0.3) is 11.0 Å². The third-order valence-electron chi connectivity index (χ3n) is 7.51. The summed E-state index contributed by atoms with van der Waals surface area (Å²) in [5, 5.41) is 21.3. The predicted molar refractivity (Wildman–Crippen MR) is 164 cm³/mol. The normalized spacial score (nSPS) is 13.3. The number of carbonyl (C=O) groups excluding carboxylic acids is 1. The molecule has 0 radical (unpaired) electrons. The van der Waals surface area contributed by atoms with Crippen molar-refractivity contribution in [2.45, 2.75) is 44.7 Å². The summed E-state index contributed by atoms with van der Waals surface area (Å²) in [4.78, 5) is 21.6. The zero-order chi connectivity index (χ0) is 29.6. The quantitative estimate of drug-likeness (QED) is 0.203. The molecular weight excluding hydrogens is 542 g/mol. The highest BCUT2D eigenvalue weighted by Crippen LogP contribution is 2.36. The van der Waals surface area contributed by atoms with E-state index in [0.29, 0.717) is 41.0 Å². The summed E-state index contributed by atoms with van der Waals surface area (Å²) in [7, 11) is 1.65. The lowest BCUT2D eigenvalue weighted by atomic mass is 9.95. The van der Waals surface area contributed by atoms with Crippen molar-refractivity contribution in [1.82, 2.24) is 19.7 Å². The van der Waals surface area contributed by atoms with Gasteiger partial charge in [-0.2, -0.15) is 10.4 Å². The molecule has 10 nitrogen and oxygen atoms in total. The number of amides is 1. The molecule has 2 aromatic carbocycles. The number of rotatable bonds is 9. The molecule has 0 spiro atoms. The third-order valence-corrected chi connectivity index (χ3v) is 7.51. The van der Waals surface area contributed by atoms with Crippen LogP contribution in [0.2, 0.25) is 0 Å². The minimum Gasteiger partial charge on any atom is -0.497 e. The summed E-state index contributed by atoms with van der Waals surface area (Å²) in [5.41, 5.74) is 2.64. The van der Waals surface area contributed by atoms with Gasteiger partial charge in [0, 0.05) is 30.1 Å². The van der Waals surface area contributed by atoms with Gasteiger partial charge in [0.2, 0.25) is 0 Å². The van der Waals surface area contributed by atoms with E-state index in [1.807, 2.05) is 41.1 Å². The minimum absolute atomic E-state index is 0.313. The Hall–Kier alpha value is -5.43. The van der Waals surface area contributed by atoms with Gasteiger partial charge in [0.25, 0.3) is 5.91 Å². The number of ether oxygens (including phenoxy) is 2. The molecule has 10 heteroatoms. The molecule has 43 heavy (non-hydrogen) atoms. The number of nitrogens with zero attached hydrogens (tertiary/aromatic N) is 5. The van der Waals surface area contributed by atoms with E-state index in [2.05, 4.69) is 15.6 Å². The van der Waals surface area contributed by atoms with Crippen LogP contribution in [0.15, 0.2) is 79.1 Å². The smallest absolute Gasteiger partial charge is 0.256 e. The molecule has 1 aliphatic rings. The number of anilines is 2. The second-order valence-corrected chi connectivity index (χ2v) is 10.5. The second-order valence-electron chi connectivity index (χ2n) is 10.5. The Kier molecular flexibility index (Phi) is 8.13. The molecular formula is C33H31N7O3. The lowest BCUT2D eigenvalue weighted by Crippen LogP contribution is -2.22. The van der Waals surface area contributed by atoms with Gasteiger partial charge in [-0.1, -0.05) is 31.4 Å². The van der Waals surface area contributed by atoms with E-state index in [4.69, 9.17) is 24.8 Å². The van der Waals surface area contributed by atoms with Gasteiger partial charge in [-0.3, -0.25) is 4.79 Å². The fourth-order valence-electron chi connectivity index (χ4n) is 5.27. The van der Waals surface area contributed by atoms with Gasteiger partial charge in [0.05, 0.1) is 25.3 Å². The van der Waals surface area contributed by atoms with Gasteiger partial charge in [-0.15, -0.1) is 0 Å². The number of methoxy groups -OCH3 is 1. The largest absolute Gasteiger partial charge is 0.497 e. The maximum atomic E-state index is 12.8. The number of aromatic nitrogens is 4. The molecule has 216 valence electrons. The van der Waals surface area contributed by atoms with Crippen LogP contribution in [-0.4, -0.2) is 38.8 Å². The fraction of sp³-hybridized carbons (Fsp3) is 0.242. The van der Waals surface area contributed by atoms with E-state index < -0.39 is 0 Å². The molecule has 0 atom stereocenters. The predicted octanol–water partition coefficient (Wildman–Crippen LogP) is 6.54. The third kappa shape index (κ3) is 6.41. The average molecular weight is 574 g/mol. The Morgan fingerprint density at radius 3 is 2.47 bits per heavy atom. The molecule has 0 unspecified atom stereocenters. The van der Waals surface area contributed by atoms with Crippen LogP contribution in [0.4, 0.5) is 11.6 Å². The zero-order valence-corrected chi connectivity index (χ0v) is 23.8. The summed E-state index contributed by atoms with van der Waals surface area (Å²) in [6, 6.07) is 22.1. The van der Waals surface area contributed by atoms with E-state index >= 15 is 0 Å². The summed E-state index contributed by atoms with van der Waals surface area (Å²) >= 11 is 0. The van der Waals surface area contributed by atoms with Crippen molar-refractivity contribution in [3.63, 3.8) is 0 Å². The van der Waals surface area contributed by atoms with E-state index in [1.54, 1.807) is 43.6 Å². The second kappa shape index (κ2) is 12.6. The molecule has 3 heterocycles. The van der Waals surface area contributed by atoms with Crippen LogP contribution in [0.5, 0.6) is 17.2 Å². The molecule has 1 saturated carbocycles. The Balaban J connectivity index is 1.26. The first-order valence-corrected chi connectivity index (χ1v) is 14.3. The molecule has 6 rings (SSSR count). The van der Waals surface area contributed by atoms with Gasteiger partial charge >= 0.3 is 0 Å². The van der Waals surface area contributed by atoms with Crippen molar-refractivity contribution >= 4 is 28.6 Å². The van der Waals surface area contributed by atoms with Gasteiger partial charge < -0.3 is 20.1 Å². The summed E-state index contributed by atoms with van der Waals surface area (Å²) in [6.45, 7) is 0.541.